The maximum Gasteiger partial charge on any atom is 0.213 e. The Labute approximate surface area is 170 Å². The van der Waals surface area contributed by atoms with E-state index in [1.165, 1.54) is 5.56 Å². The molecule has 0 saturated heterocycles. The minimum absolute atomic E-state index is 0.164. The Morgan fingerprint density at radius 1 is 1.00 bits per heavy atom. The highest BCUT2D eigenvalue weighted by atomic mass is 16.5. The van der Waals surface area contributed by atoms with Crippen LogP contribution in [-0.4, -0.2) is 17.3 Å². The summed E-state index contributed by atoms with van der Waals surface area (Å²) >= 11 is 0. The highest BCUT2D eigenvalue weighted by molar-refractivity contribution is 6.01. The van der Waals surface area contributed by atoms with E-state index < -0.39 is 0 Å². The van der Waals surface area contributed by atoms with Crippen LogP contribution in [0.5, 0.6) is 11.5 Å². The summed E-state index contributed by atoms with van der Waals surface area (Å²) in [5.74, 6) is 1.74. The molecule has 4 nitrogen and oxygen atoms in total. The van der Waals surface area contributed by atoms with Gasteiger partial charge in [0.05, 0.1) is 11.8 Å². The molecule has 29 heavy (non-hydrogen) atoms. The van der Waals surface area contributed by atoms with Crippen molar-refractivity contribution in [1.29, 1.82) is 0 Å². The fourth-order valence-electron chi connectivity index (χ4n) is 3.94. The first-order valence-corrected chi connectivity index (χ1v) is 9.84. The number of nitrogens with zero attached hydrogens (tertiary/aromatic N) is 2. The van der Waals surface area contributed by atoms with Crippen molar-refractivity contribution in [2.24, 2.45) is 5.10 Å². The van der Waals surface area contributed by atoms with Crippen LogP contribution in [0.25, 0.3) is 0 Å². The topological polar surface area (TPSA) is 34.1 Å². The van der Waals surface area contributed by atoms with Crippen molar-refractivity contribution in [2.45, 2.75) is 18.7 Å². The summed E-state index contributed by atoms with van der Waals surface area (Å²) in [5.41, 5.74) is 4.48. The van der Waals surface area contributed by atoms with E-state index >= 15 is 0 Å². The van der Waals surface area contributed by atoms with Gasteiger partial charge in [-0.1, -0.05) is 61.2 Å². The largest absolute Gasteiger partial charge is 0.490 e. The number of fused-ring (bicyclic) bond motifs is 3. The molecule has 3 aromatic rings. The van der Waals surface area contributed by atoms with E-state index in [0.717, 1.165) is 34.8 Å². The van der Waals surface area contributed by atoms with Crippen LogP contribution in [0.2, 0.25) is 0 Å². The molecule has 3 aromatic carbocycles. The second-order valence-electron chi connectivity index (χ2n) is 7.19. The molecule has 0 unspecified atom stereocenters. The van der Waals surface area contributed by atoms with E-state index in [4.69, 9.17) is 14.6 Å². The number of hydrogen-bond acceptors (Lipinski definition) is 4. The van der Waals surface area contributed by atoms with Crippen molar-refractivity contribution in [3.05, 3.63) is 108 Å². The van der Waals surface area contributed by atoms with Crippen LogP contribution < -0.4 is 9.47 Å². The van der Waals surface area contributed by atoms with Crippen LogP contribution in [0.3, 0.4) is 0 Å². The van der Waals surface area contributed by atoms with Crippen LogP contribution in [0.1, 0.15) is 35.4 Å². The second kappa shape index (κ2) is 7.47. The first-order valence-electron chi connectivity index (χ1n) is 9.84. The zero-order valence-electron chi connectivity index (χ0n) is 16.1. The molecule has 0 saturated carbocycles. The van der Waals surface area contributed by atoms with Crippen LogP contribution >= 0.6 is 0 Å². The molecule has 2 atom stereocenters. The van der Waals surface area contributed by atoms with Crippen molar-refractivity contribution < 1.29 is 9.47 Å². The SMILES string of the molecule is C=CCOc1ccc([C@H]2Oc3ccccc3[C@@H]3CC(c4ccccc4)=NN23)cc1. The zero-order valence-corrected chi connectivity index (χ0v) is 16.1. The molecule has 5 rings (SSSR count). The van der Waals surface area contributed by atoms with E-state index in [0.29, 0.717) is 6.61 Å². The fourth-order valence-corrected chi connectivity index (χ4v) is 3.94. The maximum absolute atomic E-state index is 6.40. The Morgan fingerprint density at radius 3 is 2.55 bits per heavy atom. The number of hydrogen-bond donors (Lipinski definition) is 0. The third-order valence-electron chi connectivity index (χ3n) is 5.34. The van der Waals surface area contributed by atoms with E-state index in [1.54, 1.807) is 6.08 Å². The van der Waals surface area contributed by atoms with Crippen molar-refractivity contribution in [3.63, 3.8) is 0 Å². The number of ether oxygens (including phenoxy) is 2. The number of benzene rings is 3. The van der Waals surface area contributed by atoms with Gasteiger partial charge in [0.1, 0.15) is 18.1 Å². The lowest BCUT2D eigenvalue weighted by Crippen LogP contribution is -2.33. The van der Waals surface area contributed by atoms with Crippen LogP contribution in [0.4, 0.5) is 0 Å². The Bertz CT molecular complexity index is 1040. The highest BCUT2D eigenvalue weighted by Gasteiger charge is 2.40. The quantitative estimate of drug-likeness (QED) is 0.547. The van der Waals surface area contributed by atoms with Crippen molar-refractivity contribution in [2.75, 3.05) is 6.61 Å². The van der Waals surface area contributed by atoms with Gasteiger partial charge in [-0.25, -0.2) is 5.01 Å². The first kappa shape index (κ1) is 17.6. The molecule has 4 heteroatoms. The fraction of sp³-hybridized carbons (Fsp3) is 0.160. The molecule has 0 aliphatic carbocycles. The van der Waals surface area contributed by atoms with Gasteiger partial charge in [-0.2, -0.15) is 5.10 Å². The Morgan fingerprint density at radius 2 is 1.76 bits per heavy atom. The first-order chi connectivity index (χ1) is 14.3. The van der Waals surface area contributed by atoms with Gasteiger partial charge in [0.25, 0.3) is 0 Å². The molecule has 0 spiro atoms. The Balaban J connectivity index is 1.51. The molecule has 0 amide bonds. The minimum atomic E-state index is -0.274. The monoisotopic (exact) mass is 382 g/mol. The number of para-hydroxylation sites is 1. The smallest absolute Gasteiger partial charge is 0.213 e. The van der Waals surface area contributed by atoms with Gasteiger partial charge in [-0.15, -0.1) is 0 Å². The Hall–Kier alpha value is -3.53. The predicted octanol–water partition coefficient (Wildman–Crippen LogP) is 5.49. The molecular weight excluding hydrogens is 360 g/mol. The number of rotatable bonds is 5. The average Bonchev–Trinajstić information content (AvgIpc) is 3.24. The summed E-state index contributed by atoms with van der Waals surface area (Å²) in [4.78, 5) is 0. The third-order valence-corrected chi connectivity index (χ3v) is 5.34. The van der Waals surface area contributed by atoms with Gasteiger partial charge < -0.3 is 9.47 Å². The summed E-state index contributed by atoms with van der Waals surface area (Å²) in [6, 6.07) is 26.8. The third kappa shape index (κ3) is 3.27. The lowest BCUT2D eigenvalue weighted by molar-refractivity contribution is -0.0190. The van der Waals surface area contributed by atoms with Crippen molar-refractivity contribution >= 4 is 5.71 Å². The molecule has 0 aromatic heterocycles. The lowest BCUT2D eigenvalue weighted by Gasteiger charge is -2.38. The molecule has 0 bridgehead atoms. The van der Waals surface area contributed by atoms with Crippen molar-refractivity contribution in [1.82, 2.24) is 5.01 Å². The van der Waals surface area contributed by atoms with Crippen LogP contribution in [0.15, 0.2) is 96.6 Å². The van der Waals surface area contributed by atoms with E-state index in [2.05, 4.69) is 48.0 Å². The summed E-state index contributed by atoms with van der Waals surface area (Å²) < 4.78 is 12.0. The minimum Gasteiger partial charge on any atom is -0.490 e. The van der Waals surface area contributed by atoms with Gasteiger partial charge in [-0.3, -0.25) is 0 Å². The lowest BCUT2D eigenvalue weighted by atomic mass is 9.96. The highest BCUT2D eigenvalue weighted by Crippen LogP contribution is 2.47. The van der Waals surface area contributed by atoms with Gasteiger partial charge in [0, 0.05) is 17.5 Å². The predicted molar refractivity (Wildman–Crippen MR) is 114 cm³/mol. The average molecular weight is 382 g/mol. The summed E-state index contributed by atoms with van der Waals surface area (Å²) in [7, 11) is 0. The van der Waals surface area contributed by atoms with E-state index in [-0.39, 0.29) is 12.3 Å². The van der Waals surface area contributed by atoms with E-state index in [1.807, 2.05) is 42.5 Å². The molecule has 2 heterocycles. The summed E-state index contributed by atoms with van der Waals surface area (Å²) in [6.45, 7) is 4.18. The van der Waals surface area contributed by atoms with Gasteiger partial charge in [0.2, 0.25) is 6.23 Å². The molecule has 0 N–H and O–H groups in total. The molecule has 0 radical (unpaired) electrons. The van der Waals surface area contributed by atoms with Crippen molar-refractivity contribution in [3.8, 4) is 11.5 Å². The molecule has 2 aliphatic rings. The molecular formula is C25H22N2O2. The summed E-state index contributed by atoms with van der Waals surface area (Å²) in [5, 5.41) is 7.09. The zero-order chi connectivity index (χ0) is 19.6. The number of hydrazone groups is 1. The molecule has 0 fully saturated rings. The second-order valence-corrected chi connectivity index (χ2v) is 7.19. The summed E-state index contributed by atoms with van der Waals surface area (Å²) in [6.07, 6.45) is 2.33. The maximum atomic E-state index is 6.40. The van der Waals surface area contributed by atoms with Gasteiger partial charge in [0.15, 0.2) is 0 Å². The van der Waals surface area contributed by atoms with E-state index in [9.17, 15) is 0 Å². The normalized spacial score (nSPS) is 19.6. The van der Waals surface area contributed by atoms with Gasteiger partial charge in [-0.05, 0) is 35.9 Å². The molecule has 144 valence electrons. The van der Waals surface area contributed by atoms with Gasteiger partial charge >= 0.3 is 0 Å². The van der Waals surface area contributed by atoms with Crippen LogP contribution in [0, 0.1) is 0 Å². The Kier molecular flexibility index (Phi) is 4.53. The standard InChI is InChI=1S/C25H22N2O2/c1-2-16-28-20-14-12-19(13-15-20)25-27-23(21-10-6-7-11-24(21)29-25)17-22(26-27)18-8-4-3-5-9-18/h2-15,23,25H,1,16-17H2/t23-,25+/m0/s1. The molecule has 2 aliphatic heterocycles. The van der Waals surface area contributed by atoms with Crippen LogP contribution in [-0.2, 0) is 0 Å².